The van der Waals surface area contributed by atoms with Crippen molar-refractivity contribution in [2.45, 2.75) is 35.1 Å². The van der Waals surface area contributed by atoms with Gasteiger partial charge >= 0.3 is 17.2 Å². The number of fused-ring (bicyclic) bond motifs is 2. The minimum Gasteiger partial charge on any atom is -0.496 e. The van der Waals surface area contributed by atoms with Gasteiger partial charge in [0.25, 0.3) is 0 Å². The smallest absolute Gasteiger partial charge is 0.418 e. The number of benzene rings is 3. The lowest BCUT2D eigenvalue weighted by atomic mass is 9.82. The number of carbonyl (C=O) groups is 3. The summed E-state index contributed by atoms with van der Waals surface area (Å²) in [5, 5.41) is 1.09. The van der Waals surface area contributed by atoms with Gasteiger partial charge in [0.15, 0.2) is 0 Å². The van der Waals surface area contributed by atoms with Crippen LogP contribution in [0.4, 0.5) is 37.7 Å². The average molecular weight is 694 g/mol. The minimum atomic E-state index is -4.77. The van der Waals surface area contributed by atoms with E-state index in [0.29, 0.717) is 38.5 Å². The van der Waals surface area contributed by atoms with Gasteiger partial charge in [-0.3, -0.25) is 23.7 Å². The quantitative estimate of drug-likeness (QED) is 0.186. The Morgan fingerprint density at radius 3 is 2.30 bits per heavy atom. The average Bonchev–Trinajstić information content (AvgIpc) is 3.46. The van der Waals surface area contributed by atoms with E-state index in [1.54, 1.807) is 24.3 Å². The predicted octanol–water partition coefficient (Wildman–Crippen LogP) is 6.39. The summed E-state index contributed by atoms with van der Waals surface area (Å²) >= 11 is 1.49. The van der Waals surface area contributed by atoms with Crippen LogP contribution in [0, 0.1) is 5.92 Å². The third-order valence-electron chi connectivity index (χ3n) is 7.76. The van der Waals surface area contributed by atoms with Crippen molar-refractivity contribution >= 4 is 52.2 Å². The fourth-order valence-electron chi connectivity index (χ4n) is 5.76. The molecule has 3 aromatic carbocycles. The molecule has 1 saturated heterocycles. The SMILES string of the molecule is COc1ccccc1[C@@H]1c2sc(=O)n(CC(=O)Nc3ccccc3C(F)(F)F)c2S[C@H]2C(=O)N(c3cccc(C(F)(F)F)c3)C(=O)[C@@H]12. The summed E-state index contributed by atoms with van der Waals surface area (Å²) in [5.74, 6) is -4.44. The van der Waals surface area contributed by atoms with Crippen LogP contribution in [0.15, 0.2) is 82.6 Å². The number of rotatable bonds is 6. The topological polar surface area (TPSA) is 97.7 Å². The van der Waals surface area contributed by atoms with Crippen molar-refractivity contribution < 1.29 is 45.5 Å². The van der Waals surface area contributed by atoms with Gasteiger partial charge in [-0.15, -0.1) is 0 Å². The molecule has 2 aliphatic heterocycles. The standard InChI is InChI=1S/C31H21F6N3O5S2/c1-45-20-12-5-2-9-17(20)22-23-24(27(43)40(26(23)42)16-8-6-7-15(13-16)30(32,33)34)46-28-25(22)47-29(44)39(28)14-21(41)38-19-11-4-3-10-18(19)31(35,36)37/h2-13,22-24H,14H2,1H3,(H,38,41)/t22-,23-,24+/m0/s1. The maximum atomic E-state index is 14.0. The van der Waals surface area contributed by atoms with E-state index in [0.717, 1.165) is 46.7 Å². The van der Waals surface area contributed by atoms with E-state index in [1.807, 2.05) is 0 Å². The van der Waals surface area contributed by atoms with Crippen molar-refractivity contribution in [2.24, 2.45) is 5.92 Å². The number of hydrogen-bond donors (Lipinski definition) is 1. The Labute approximate surface area is 269 Å². The Hall–Kier alpha value is -4.57. The summed E-state index contributed by atoms with van der Waals surface area (Å²) < 4.78 is 87.7. The molecule has 1 N–H and O–H groups in total. The highest BCUT2D eigenvalue weighted by atomic mass is 32.2. The van der Waals surface area contributed by atoms with E-state index in [4.69, 9.17) is 4.74 Å². The lowest BCUT2D eigenvalue weighted by molar-refractivity contribution is -0.138. The Balaban J connectivity index is 1.42. The molecular formula is C31H21F6N3O5S2. The molecule has 3 heterocycles. The number of hydrogen-bond acceptors (Lipinski definition) is 7. The first-order valence-corrected chi connectivity index (χ1v) is 15.4. The number of thiazole rings is 1. The number of amides is 3. The third-order valence-corrected chi connectivity index (χ3v) is 10.4. The van der Waals surface area contributed by atoms with E-state index >= 15 is 0 Å². The molecule has 0 spiro atoms. The first-order valence-electron chi connectivity index (χ1n) is 13.7. The molecule has 0 unspecified atom stereocenters. The van der Waals surface area contributed by atoms with Gasteiger partial charge in [-0.2, -0.15) is 26.3 Å². The second-order valence-electron chi connectivity index (χ2n) is 10.6. The van der Waals surface area contributed by atoms with Crippen molar-refractivity contribution in [3.05, 3.63) is 104 Å². The van der Waals surface area contributed by atoms with Gasteiger partial charge in [0.1, 0.15) is 17.5 Å². The maximum absolute atomic E-state index is 14.0. The fraction of sp³-hybridized carbons (Fsp3) is 0.226. The lowest BCUT2D eigenvalue weighted by Crippen LogP contribution is -2.33. The predicted molar refractivity (Wildman–Crippen MR) is 161 cm³/mol. The van der Waals surface area contributed by atoms with Crippen LogP contribution in [0.2, 0.25) is 0 Å². The zero-order valence-electron chi connectivity index (χ0n) is 23.9. The van der Waals surface area contributed by atoms with Crippen molar-refractivity contribution in [3.63, 3.8) is 0 Å². The monoisotopic (exact) mass is 693 g/mol. The van der Waals surface area contributed by atoms with Gasteiger partial charge in [0.2, 0.25) is 17.7 Å². The van der Waals surface area contributed by atoms with E-state index in [1.165, 1.54) is 19.2 Å². The van der Waals surface area contributed by atoms with Gasteiger partial charge < -0.3 is 10.1 Å². The fourth-order valence-corrected chi connectivity index (χ4v) is 8.53. The summed E-state index contributed by atoms with van der Waals surface area (Å²) in [7, 11) is 1.38. The second-order valence-corrected chi connectivity index (χ2v) is 12.7. The van der Waals surface area contributed by atoms with Crippen LogP contribution in [0.25, 0.3) is 0 Å². The molecular weight excluding hydrogens is 672 g/mol. The normalized spacial score (nSPS) is 19.4. The zero-order valence-corrected chi connectivity index (χ0v) is 25.5. The molecule has 244 valence electrons. The summed E-state index contributed by atoms with van der Waals surface area (Å²) in [6.07, 6.45) is -9.51. The summed E-state index contributed by atoms with van der Waals surface area (Å²) in [6, 6.07) is 14.6. The van der Waals surface area contributed by atoms with Gasteiger partial charge in [0, 0.05) is 16.4 Å². The summed E-state index contributed by atoms with van der Waals surface area (Å²) in [6.45, 7) is -0.723. The van der Waals surface area contributed by atoms with Crippen LogP contribution >= 0.6 is 23.1 Å². The first kappa shape index (κ1) is 32.4. The molecule has 0 bridgehead atoms. The highest BCUT2D eigenvalue weighted by molar-refractivity contribution is 8.00. The molecule has 6 rings (SSSR count). The second kappa shape index (κ2) is 11.9. The van der Waals surface area contributed by atoms with Crippen molar-refractivity contribution in [2.75, 3.05) is 17.3 Å². The Morgan fingerprint density at radius 2 is 1.60 bits per heavy atom. The minimum absolute atomic E-state index is 0.128. The highest BCUT2D eigenvalue weighted by Gasteiger charge is 2.57. The van der Waals surface area contributed by atoms with Gasteiger partial charge in [-0.05, 0) is 36.4 Å². The van der Waals surface area contributed by atoms with Crippen LogP contribution in [0.5, 0.6) is 5.75 Å². The number of imide groups is 1. The van der Waals surface area contributed by atoms with Gasteiger partial charge in [-0.1, -0.05) is 59.5 Å². The number of methoxy groups -OCH3 is 1. The number of alkyl halides is 6. The zero-order chi connectivity index (χ0) is 33.8. The molecule has 16 heteroatoms. The molecule has 47 heavy (non-hydrogen) atoms. The van der Waals surface area contributed by atoms with Crippen LogP contribution in [0.1, 0.15) is 27.5 Å². The Morgan fingerprint density at radius 1 is 0.894 bits per heavy atom. The molecule has 3 atom stereocenters. The highest BCUT2D eigenvalue weighted by Crippen LogP contribution is 2.55. The molecule has 2 aliphatic rings. The number of para-hydroxylation sites is 2. The number of halogens is 6. The van der Waals surface area contributed by atoms with E-state index < -0.39 is 75.4 Å². The Bertz CT molecular complexity index is 1970. The molecule has 1 aromatic heterocycles. The molecule has 0 radical (unpaired) electrons. The lowest BCUT2D eigenvalue weighted by Gasteiger charge is -2.31. The van der Waals surface area contributed by atoms with Gasteiger partial charge in [-0.25, -0.2) is 4.90 Å². The van der Waals surface area contributed by atoms with E-state index in [2.05, 4.69) is 5.32 Å². The number of nitrogens with one attached hydrogen (secondary N) is 1. The number of anilines is 2. The molecule has 0 aliphatic carbocycles. The third kappa shape index (κ3) is 5.79. The molecule has 1 fully saturated rings. The number of nitrogens with zero attached hydrogens (tertiary/aromatic N) is 2. The number of ether oxygens (including phenoxy) is 1. The summed E-state index contributed by atoms with van der Waals surface area (Å²) in [5.41, 5.74) is -2.55. The molecule has 8 nitrogen and oxygen atoms in total. The largest absolute Gasteiger partial charge is 0.496 e. The van der Waals surface area contributed by atoms with Crippen LogP contribution in [0.3, 0.4) is 0 Å². The molecule has 4 aromatic rings. The Kier molecular flexibility index (Phi) is 8.20. The van der Waals surface area contributed by atoms with Crippen molar-refractivity contribution in [1.82, 2.24) is 4.57 Å². The molecule has 3 amide bonds. The van der Waals surface area contributed by atoms with Crippen molar-refractivity contribution in [1.29, 1.82) is 0 Å². The van der Waals surface area contributed by atoms with Crippen molar-refractivity contribution in [3.8, 4) is 5.75 Å². The first-order chi connectivity index (χ1) is 22.2. The molecule has 0 saturated carbocycles. The van der Waals surface area contributed by atoms with Crippen LogP contribution in [-0.4, -0.2) is 34.6 Å². The van der Waals surface area contributed by atoms with Gasteiger partial charge in [0.05, 0.1) is 40.6 Å². The van der Waals surface area contributed by atoms with Crippen LogP contribution in [-0.2, 0) is 33.3 Å². The van der Waals surface area contributed by atoms with E-state index in [9.17, 15) is 45.5 Å². The maximum Gasteiger partial charge on any atom is 0.418 e. The number of carbonyl (C=O) groups excluding carboxylic acids is 3. The van der Waals surface area contributed by atoms with E-state index in [-0.39, 0.29) is 10.7 Å². The number of aromatic nitrogens is 1. The summed E-state index contributed by atoms with van der Waals surface area (Å²) in [4.78, 5) is 54.6. The van der Waals surface area contributed by atoms with Crippen LogP contribution < -0.4 is 19.8 Å². The number of thioether (sulfide) groups is 1.